The Bertz CT molecular complexity index is 529. The first kappa shape index (κ1) is 12.0. The SMILES string of the molecule is Cc1nc(Br)ccc1NCc1cccc(F)c1. The number of aromatic nitrogens is 1. The molecule has 0 fully saturated rings. The van der Waals surface area contributed by atoms with Gasteiger partial charge in [0.2, 0.25) is 0 Å². The molecule has 0 unspecified atom stereocenters. The van der Waals surface area contributed by atoms with E-state index in [9.17, 15) is 4.39 Å². The molecule has 0 spiro atoms. The van der Waals surface area contributed by atoms with E-state index < -0.39 is 0 Å². The molecule has 2 rings (SSSR count). The molecular formula is C13H12BrFN2. The van der Waals surface area contributed by atoms with E-state index in [-0.39, 0.29) is 5.82 Å². The lowest BCUT2D eigenvalue weighted by Gasteiger charge is -2.09. The van der Waals surface area contributed by atoms with Gasteiger partial charge in [0.15, 0.2) is 0 Å². The standard InChI is InChI=1S/C13H12BrFN2/c1-9-12(5-6-13(14)17-9)16-8-10-3-2-4-11(15)7-10/h2-7,16H,8H2,1H3. The van der Waals surface area contributed by atoms with E-state index in [1.807, 2.05) is 25.1 Å². The minimum Gasteiger partial charge on any atom is -0.379 e. The van der Waals surface area contributed by atoms with Gasteiger partial charge >= 0.3 is 0 Å². The third-order valence-corrected chi connectivity index (χ3v) is 2.87. The van der Waals surface area contributed by atoms with Gasteiger partial charge in [0.05, 0.1) is 11.4 Å². The predicted molar refractivity (Wildman–Crippen MR) is 70.4 cm³/mol. The van der Waals surface area contributed by atoms with E-state index in [4.69, 9.17) is 0 Å². The first-order valence-corrected chi connectivity index (χ1v) is 6.06. The number of nitrogens with one attached hydrogen (secondary N) is 1. The van der Waals surface area contributed by atoms with Crippen molar-refractivity contribution < 1.29 is 4.39 Å². The molecule has 1 aromatic carbocycles. The smallest absolute Gasteiger partial charge is 0.123 e. The lowest BCUT2D eigenvalue weighted by molar-refractivity contribution is 0.626. The number of rotatable bonds is 3. The number of hydrogen-bond donors (Lipinski definition) is 1. The van der Waals surface area contributed by atoms with Crippen LogP contribution in [-0.2, 0) is 6.54 Å². The molecular weight excluding hydrogens is 283 g/mol. The monoisotopic (exact) mass is 294 g/mol. The number of benzene rings is 1. The van der Waals surface area contributed by atoms with Crippen LogP contribution in [0.2, 0.25) is 0 Å². The van der Waals surface area contributed by atoms with Gasteiger partial charge in [-0.15, -0.1) is 0 Å². The van der Waals surface area contributed by atoms with Gasteiger partial charge in [-0.2, -0.15) is 0 Å². The largest absolute Gasteiger partial charge is 0.379 e. The van der Waals surface area contributed by atoms with E-state index in [0.29, 0.717) is 6.54 Å². The van der Waals surface area contributed by atoms with Gasteiger partial charge < -0.3 is 5.32 Å². The fraction of sp³-hybridized carbons (Fsp3) is 0.154. The summed E-state index contributed by atoms with van der Waals surface area (Å²) in [4.78, 5) is 4.28. The van der Waals surface area contributed by atoms with Crippen LogP contribution >= 0.6 is 15.9 Å². The number of hydrogen-bond acceptors (Lipinski definition) is 2. The Hall–Kier alpha value is -1.42. The Morgan fingerprint density at radius 3 is 2.82 bits per heavy atom. The molecule has 2 nitrogen and oxygen atoms in total. The van der Waals surface area contributed by atoms with Crippen LogP contribution in [0.15, 0.2) is 41.0 Å². The van der Waals surface area contributed by atoms with Gasteiger partial charge in [-0.25, -0.2) is 9.37 Å². The zero-order valence-corrected chi connectivity index (χ0v) is 11.0. The molecule has 1 N–H and O–H groups in total. The molecule has 1 aromatic heterocycles. The van der Waals surface area contributed by atoms with Crippen molar-refractivity contribution in [1.82, 2.24) is 4.98 Å². The highest BCUT2D eigenvalue weighted by atomic mass is 79.9. The average Bonchev–Trinajstić information content (AvgIpc) is 2.28. The van der Waals surface area contributed by atoms with Crippen molar-refractivity contribution in [3.05, 3.63) is 58.1 Å². The van der Waals surface area contributed by atoms with Crippen LogP contribution in [0.1, 0.15) is 11.3 Å². The Balaban J connectivity index is 2.07. The van der Waals surface area contributed by atoms with Gasteiger partial charge in [-0.05, 0) is 52.7 Å². The summed E-state index contributed by atoms with van der Waals surface area (Å²) in [7, 11) is 0. The molecule has 17 heavy (non-hydrogen) atoms. The summed E-state index contributed by atoms with van der Waals surface area (Å²) >= 11 is 3.31. The number of nitrogens with zero attached hydrogens (tertiary/aromatic N) is 1. The summed E-state index contributed by atoms with van der Waals surface area (Å²) in [5.74, 6) is -0.213. The Kier molecular flexibility index (Phi) is 3.74. The highest BCUT2D eigenvalue weighted by Gasteiger charge is 2.00. The van der Waals surface area contributed by atoms with Crippen LogP contribution in [0, 0.1) is 12.7 Å². The highest BCUT2D eigenvalue weighted by molar-refractivity contribution is 9.10. The second kappa shape index (κ2) is 5.27. The number of pyridine rings is 1. The Morgan fingerprint density at radius 2 is 2.12 bits per heavy atom. The van der Waals surface area contributed by atoms with E-state index in [2.05, 4.69) is 26.2 Å². The molecule has 0 atom stereocenters. The summed E-state index contributed by atoms with van der Waals surface area (Å²) in [6.07, 6.45) is 0. The van der Waals surface area contributed by atoms with Crippen molar-refractivity contribution >= 4 is 21.6 Å². The molecule has 0 amide bonds. The number of aryl methyl sites for hydroxylation is 1. The fourth-order valence-electron chi connectivity index (χ4n) is 1.56. The molecule has 0 bridgehead atoms. The molecule has 0 aliphatic heterocycles. The quantitative estimate of drug-likeness (QED) is 0.869. The van der Waals surface area contributed by atoms with Gasteiger partial charge in [0, 0.05) is 6.54 Å². The van der Waals surface area contributed by atoms with Crippen molar-refractivity contribution in [2.24, 2.45) is 0 Å². The van der Waals surface area contributed by atoms with Gasteiger partial charge in [-0.3, -0.25) is 0 Å². The zero-order valence-electron chi connectivity index (χ0n) is 9.37. The van der Waals surface area contributed by atoms with Crippen molar-refractivity contribution in [2.75, 3.05) is 5.32 Å². The number of anilines is 1. The van der Waals surface area contributed by atoms with Crippen LogP contribution in [0.3, 0.4) is 0 Å². The molecule has 0 aliphatic carbocycles. The predicted octanol–water partition coefficient (Wildman–Crippen LogP) is 3.90. The maximum Gasteiger partial charge on any atom is 0.123 e. The normalized spacial score (nSPS) is 10.3. The van der Waals surface area contributed by atoms with Crippen LogP contribution in [0.25, 0.3) is 0 Å². The lowest BCUT2D eigenvalue weighted by Crippen LogP contribution is -2.02. The minimum absolute atomic E-state index is 0.213. The fourth-order valence-corrected chi connectivity index (χ4v) is 1.96. The topological polar surface area (TPSA) is 24.9 Å². The second-order valence-corrected chi connectivity index (χ2v) is 4.56. The van der Waals surface area contributed by atoms with Crippen molar-refractivity contribution in [3.8, 4) is 0 Å². The van der Waals surface area contributed by atoms with E-state index in [0.717, 1.165) is 21.5 Å². The van der Waals surface area contributed by atoms with E-state index in [1.54, 1.807) is 6.07 Å². The van der Waals surface area contributed by atoms with Crippen molar-refractivity contribution in [2.45, 2.75) is 13.5 Å². The summed E-state index contributed by atoms with van der Waals surface area (Å²) in [5, 5.41) is 3.23. The summed E-state index contributed by atoms with van der Waals surface area (Å²) in [5.41, 5.74) is 2.78. The van der Waals surface area contributed by atoms with E-state index in [1.165, 1.54) is 12.1 Å². The molecule has 0 saturated carbocycles. The maximum absolute atomic E-state index is 13.0. The van der Waals surface area contributed by atoms with Gasteiger partial charge in [0.1, 0.15) is 10.4 Å². The van der Waals surface area contributed by atoms with E-state index >= 15 is 0 Å². The van der Waals surface area contributed by atoms with Gasteiger partial charge in [0.25, 0.3) is 0 Å². The molecule has 88 valence electrons. The molecule has 1 heterocycles. The minimum atomic E-state index is -0.213. The summed E-state index contributed by atoms with van der Waals surface area (Å²) < 4.78 is 13.8. The molecule has 0 aliphatic rings. The van der Waals surface area contributed by atoms with Crippen molar-refractivity contribution in [1.29, 1.82) is 0 Å². The summed E-state index contributed by atoms with van der Waals surface area (Å²) in [6.45, 7) is 2.51. The Labute approximate surface area is 108 Å². The third-order valence-electron chi connectivity index (χ3n) is 2.42. The third kappa shape index (κ3) is 3.27. The molecule has 0 saturated heterocycles. The molecule has 0 radical (unpaired) electrons. The zero-order chi connectivity index (χ0) is 12.3. The molecule has 2 aromatic rings. The van der Waals surface area contributed by atoms with Crippen LogP contribution in [0.4, 0.5) is 10.1 Å². The van der Waals surface area contributed by atoms with Crippen molar-refractivity contribution in [3.63, 3.8) is 0 Å². The van der Waals surface area contributed by atoms with Crippen LogP contribution in [0.5, 0.6) is 0 Å². The maximum atomic E-state index is 13.0. The highest BCUT2D eigenvalue weighted by Crippen LogP contribution is 2.17. The number of halogens is 2. The molecule has 4 heteroatoms. The summed E-state index contributed by atoms with van der Waals surface area (Å²) in [6, 6.07) is 10.4. The van der Waals surface area contributed by atoms with Crippen LogP contribution in [-0.4, -0.2) is 4.98 Å². The first-order chi connectivity index (χ1) is 8.15. The Morgan fingerprint density at radius 1 is 1.29 bits per heavy atom. The lowest BCUT2D eigenvalue weighted by atomic mass is 10.2. The average molecular weight is 295 g/mol. The first-order valence-electron chi connectivity index (χ1n) is 5.26. The van der Waals surface area contributed by atoms with Crippen LogP contribution < -0.4 is 5.32 Å². The second-order valence-electron chi connectivity index (χ2n) is 3.75. The van der Waals surface area contributed by atoms with Gasteiger partial charge in [-0.1, -0.05) is 12.1 Å².